The Morgan fingerprint density at radius 1 is 1.31 bits per heavy atom. The molecule has 0 spiro atoms. The number of aromatic nitrogens is 2. The second-order valence-electron chi connectivity index (χ2n) is 6.37. The quantitative estimate of drug-likeness (QED) is 0.690. The number of benzene rings is 2. The summed E-state index contributed by atoms with van der Waals surface area (Å²) in [5.41, 5.74) is 3.09. The second kappa shape index (κ2) is 6.88. The van der Waals surface area contributed by atoms with E-state index in [1.54, 1.807) is 23.9 Å². The smallest absolute Gasteiger partial charge is 0.245 e. The van der Waals surface area contributed by atoms with Gasteiger partial charge in [-0.3, -0.25) is 9.89 Å². The number of aromatic amines is 1. The fourth-order valence-corrected chi connectivity index (χ4v) is 4.59. The number of carbonyl (C=O) groups is 1. The molecule has 6 heteroatoms. The summed E-state index contributed by atoms with van der Waals surface area (Å²) in [5, 5.41) is 18.2. The summed E-state index contributed by atoms with van der Waals surface area (Å²) in [6.07, 6.45) is 4.19. The Morgan fingerprint density at radius 3 is 2.88 bits per heavy atom. The summed E-state index contributed by atoms with van der Waals surface area (Å²) < 4.78 is 0. The monoisotopic (exact) mass is 365 g/mol. The molecule has 2 heterocycles. The topological polar surface area (TPSA) is 69.2 Å². The van der Waals surface area contributed by atoms with Crippen molar-refractivity contribution in [3.63, 3.8) is 0 Å². The van der Waals surface area contributed by atoms with Crippen molar-refractivity contribution in [1.82, 2.24) is 15.1 Å². The van der Waals surface area contributed by atoms with Crippen LogP contribution in [0.4, 0.5) is 0 Å². The van der Waals surface area contributed by atoms with Crippen LogP contribution in [0.5, 0.6) is 5.75 Å². The van der Waals surface area contributed by atoms with Crippen molar-refractivity contribution in [2.24, 2.45) is 0 Å². The molecule has 5 nitrogen and oxygen atoms in total. The Kier molecular flexibility index (Phi) is 4.42. The van der Waals surface area contributed by atoms with Gasteiger partial charge < -0.3 is 10.0 Å². The third-order valence-corrected chi connectivity index (χ3v) is 5.96. The lowest BCUT2D eigenvalue weighted by Crippen LogP contribution is -2.26. The fourth-order valence-electron chi connectivity index (χ4n) is 3.27. The van der Waals surface area contributed by atoms with Gasteiger partial charge in [-0.25, -0.2) is 0 Å². The standard InChI is InChI=1S/C20H19N3O2S/c1-2-20(25)23-8-7-16(12-23)26-19-10-14(9-18-17(19)11-21-22-18)13-3-5-15(24)6-4-13/h2-6,9-11,16,24H,1,7-8,12H2,(H,21,22). The SMILES string of the molecule is C=CC(=O)N1CCC(Sc2cc(-c3ccc(O)cc3)cc3[nH]ncc23)C1. The number of thioether (sulfide) groups is 1. The van der Waals surface area contributed by atoms with Crippen molar-refractivity contribution < 1.29 is 9.90 Å². The van der Waals surface area contributed by atoms with Gasteiger partial charge in [0.25, 0.3) is 0 Å². The van der Waals surface area contributed by atoms with E-state index in [-0.39, 0.29) is 11.7 Å². The number of nitrogens with zero attached hydrogens (tertiary/aromatic N) is 2. The minimum atomic E-state index is -0.000554. The van der Waals surface area contributed by atoms with Gasteiger partial charge in [-0.1, -0.05) is 18.7 Å². The van der Waals surface area contributed by atoms with E-state index in [2.05, 4.69) is 28.9 Å². The maximum absolute atomic E-state index is 11.8. The average Bonchev–Trinajstić information content (AvgIpc) is 3.31. The molecule has 1 saturated heterocycles. The number of rotatable bonds is 4. The molecule has 0 radical (unpaired) electrons. The van der Waals surface area contributed by atoms with E-state index in [1.165, 1.54) is 6.08 Å². The van der Waals surface area contributed by atoms with Gasteiger partial charge in [0.15, 0.2) is 0 Å². The molecule has 132 valence electrons. The van der Waals surface area contributed by atoms with Gasteiger partial charge in [-0.2, -0.15) is 5.10 Å². The van der Waals surface area contributed by atoms with E-state index in [0.29, 0.717) is 5.25 Å². The summed E-state index contributed by atoms with van der Waals surface area (Å²) >= 11 is 1.79. The van der Waals surface area contributed by atoms with E-state index >= 15 is 0 Å². The number of likely N-dealkylation sites (tertiary alicyclic amines) is 1. The summed E-state index contributed by atoms with van der Waals surface area (Å²) in [6, 6.07) is 11.4. The van der Waals surface area contributed by atoms with Gasteiger partial charge in [0, 0.05) is 28.6 Å². The first-order chi connectivity index (χ1) is 12.6. The van der Waals surface area contributed by atoms with E-state index in [9.17, 15) is 9.90 Å². The number of amides is 1. The van der Waals surface area contributed by atoms with Crippen LogP contribution in [-0.2, 0) is 4.79 Å². The van der Waals surface area contributed by atoms with Crippen LogP contribution in [-0.4, -0.2) is 44.5 Å². The molecular weight excluding hydrogens is 346 g/mol. The number of phenols is 1. The van der Waals surface area contributed by atoms with Gasteiger partial charge in [0.05, 0.1) is 11.7 Å². The van der Waals surface area contributed by atoms with Crippen molar-refractivity contribution in [2.45, 2.75) is 16.6 Å². The summed E-state index contributed by atoms with van der Waals surface area (Å²) in [5.74, 6) is 0.253. The first-order valence-electron chi connectivity index (χ1n) is 8.48. The van der Waals surface area contributed by atoms with Crippen LogP contribution >= 0.6 is 11.8 Å². The second-order valence-corrected chi connectivity index (χ2v) is 7.71. The van der Waals surface area contributed by atoms with Crippen LogP contribution in [0.25, 0.3) is 22.0 Å². The zero-order valence-electron chi connectivity index (χ0n) is 14.2. The average molecular weight is 365 g/mol. The lowest BCUT2D eigenvalue weighted by atomic mass is 10.0. The molecule has 26 heavy (non-hydrogen) atoms. The minimum absolute atomic E-state index is 0.000554. The van der Waals surface area contributed by atoms with Crippen molar-refractivity contribution in [3.8, 4) is 16.9 Å². The molecule has 0 saturated carbocycles. The molecule has 1 aliphatic rings. The molecule has 0 bridgehead atoms. The van der Waals surface area contributed by atoms with E-state index in [1.807, 2.05) is 23.2 Å². The molecular formula is C20H19N3O2S. The van der Waals surface area contributed by atoms with Crippen LogP contribution in [0.1, 0.15) is 6.42 Å². The molecule has 1 unspecified atom stereocenters. The van der Waals surface area contributed by atoms with Crippen LogP contribution < -0.4 is 0 Å². The summed E-state index contributed by atoms with van der Waals surface area (Å²) in [4.78, 5) is 14.8. The number of phenolic OH excluding ortho intramolecular Hbond substituents is 1. The highest BCUT2D eigenvalue weighted by atomic mass is 32.2. The van der Waals surface area contributed by atoms with Crippen LogP contribution in [0.2, 0.25) is 0 Å². The Balaban J connectivity index is 1.64. The Morgan fingerprint density at radius 2 is 2.12 bits per heavy atom. The lowest BCUT2D eigenvalue weighted by molar-refractivity contribution is -0.124. The highest BCUT2D eigenvalue weighted by Gasteiger charge is 2.26. The summed E-state index contributed by atoms with van der Waals surface area (Å²) in [7, 11) is 0. The van der Waals surface area contributed by atoms with Crippen LogP contribution in [0, 0.1) is 0 Å². The summed E-state index contributed by atoms with van der Waals surface area (Å²) in [6.45, 7) is 5.08. The van der Waals surface area contributed by atoms with Gasteiger partial charge in [0.2, 0.25) is 5.91 Å². The number of H-pyrrole nitrogens is 1. The fraction of sp³-hybridized carbons (Fsp3) is 0.200. The molecule has 3 aromatic rings. The van der Waals surface area contributed by atoms with Crippen LogP contribution in [0.3, 0.4) is 0 Å². The predicted molar refractivity (Wildman–Crippen MR) is 104 cm³/mol. The highest BCUT2D eigenvalue weighted by molar-refractivity contribution is 8.00. The number of nitrogens with one attached hydrogen (secondary N) is 1. The minimum Gasteiger partial charge on any atom is -0.508 e. The van der Waals surface area contributed by atoms with Gasteiger partial charge in [0.1, 0.15) is 5.75 Å². The van der Waals surface area contributed by atoms with Crippen molar-refractivity contribution in [3.05, 3.63) is 55.3 Å². The van der Waals surface area contributed by atoms with Crippen molar-refractivity contribution >= 4 is 28.6 Å². The highest BCUT2D eigenvalue weighted by Crippen LogP contribution is 2.37. The number of fused-ring (bicyclic) bond motifs is 1. The lowest BCUT2D eigenvalue weighted by Gasteiger charge is -2.15. The molecule has 2 aromatic carbocycles. The van der Waals surface area contributed by atoms with E-state index in [0.717, 1.165) is 46.4 Å². The largest absolute Gasteiger partial charge is 0.508 e. The van der Waals surface area contributed by atoms with Crippen molar-refractivity contribution in [1.29, 1.82) is 0 Å². The van der Waals surface area contributed by atoms with Gasteiger partial charge >= 0.3 is 0 Å². The van der Waals surface area contributed by atoms with Gasteiger partial charge in [-0.05, 0) is 47.9 Å². The maximum Gasteiger partial charge on any atom is 0.245 e. The normalized spacial score (nSPS) is 16.9. The molecule has 4 rings (SSSR count). The Hall–Kier alpha value is -2.73. The molecule has 1 aliphatic heterocycles. The molecule has 1 aromatic heterocycles. The predicted octanol–water partition coefficient (Wildman–Crippen LogP) is 3.81. The third-order valence-electron chi connectivity index (χ3n) is 4.65. The Labute approximate surface area is 155 Å². The molecule has 0 aliphatic carbocycles. The first-order valence-corrected chi connectivity index (χ1v) is 9.36. The van der Waals surface area contributed by atoms with E-state index in [4.69, 9.17) is 0 Å². The number of carbonyl (C=O) groups excluding carboxylic acids is 1. The first kappa shape index (κ1) is 16.7. The third kappa shape index (κ3) is 3.20. The number of hydrogen-bond acceptors (Lipinski definition) is 4. The number of aromatic hydroxyl groups is 1. The molecule has 1 atom stereocenters. The zero-order chi connectivity index (χ0) is 18.1. The molecule has 1 fully saturated rings. The number of hydrogen-bond donors (Lipinski definition) is 2. The van der Waals surface area contributed by atoms with Gasteiger partial charge in [-0.15, -0.1) is 11.8 Å². The Bertz CT molecular complexity index is 965. The zero-order valence-corrected chi connectivity index (χ0v) is 15.0. The maximum atomic E-state index is 11.8. The molecule has 2 N–H and O–H groups in total. The van der Waals surface area contributed by atoms with Crippen LogP contribution in [0.15, 0.2) is 60.1 Å². The van der Waals surface area contributed by atoms with E-state index < -0.39 is 0 Å². The molecule has 1 amide bonds. The van der Waals surface area contributed by atoms with Crippen molar-refractivity contribution in [2.75, 3.05) is 13.1 Å².